The normalized spacial score (nSPS) is 17.6. The maximum atomic E-state index is 12.6. The second-order valence-corrected chi connectivity index (χ2v) is 7.42. The number of nitrogens with one attached hydrogen (secondary N) is 1. The summed E-state index contributed by atoms with van der Waals surface area (Å²) in [5, 5.41) is 16.3. The Hall–Kier alpha value is -3.16. The number of hydrogen-bond donors (Lipinski definition) is 1. The number of amides is 2. The highest BCUT2D eigenvalue weighted by Crippen LogP contribution is 2.38. The second kappa shape index (κ2) is 7.10. The molecule has 0 spiro atoms. The Morgan fingerprint density at radius 2 is 1.82 bits per heavy atom. The van der Waals surface area contributed by atoms with Gasteiger partial charge in [0.2, 0.25) is 0 Å². The number of aromatic nitrogens is 4. The molecule has 0 bridgehead atoms. The molecule has 144 valence electrons. The monoisotopic (exact) mass is 377 g/mol. The van der Waals surface area contributed by atoms with Crippen LogP contribution in [-0.4, -0.2) is 56.9 Å². The zero-order valence-electron chi connectivity index (χ0n) is 15.7. The lowest BCUT2D eigenvalue weighted by Gasteiger charge is -2.23. The van der Waals surface area contributed by atoms with Crippen LogP contribution >= 0.6 is 0 Å². The van der Waals surface area contributed by atoms with Gasteiger partial charge in [-0.1, -0.05) is 18.2 Å². The first kappa shape index (κ1) is 17.0. The number of rotatable bonds is 3. The van der Waals surface area contributed by atoms with Gasteiger partial charge in [0.25, 0.3) is 0 Å². The van der Waals surface area contributed by atoms with Crippen LogP contribution in [0.3, 0.4) is 0 Å². The van der Waals surface area contributed by atoms with Crippen molar-refractivity contribution in [2.45, 2.75) is 25.2 Å². The highest BCUT2D eigenvalue weighted by atomic mass is 16.2. The molecule has 1 aliphatic carbocycles. The molecule has 2 amide bonds. The van der Waals surface area contributed by atoms with E-state index >= 15 is 0 Å². The maximum Gasteiger partial charge on any atom is 0.321 e. The van der Waals surface area contributed by atoms with Gasteiger partial charge in [-0.05, 0) is 43.5 Å². The highest BCUT2D eigenvalue weighted by molar-refractivity contribution is 5.89. The number of hydrogen-bond acceptors (Lipinski definition) is 5. The lowest BCUT2D eigenvalue weighted by atomic mass is 10.3. The number of carbonyl (C=O) groups excluding carboxylic acids is 1. The number of nitrogens with zero attached hydrogens (tertiary/aromatic N) is 6. The molecule has 1 saturated heterocycles. The van der Waals surface area contributed by atoms with Gasteiger partial charge < -0.3 is 15.1 Å². The lowest BCUT2D eigenvalue weighted by molar-refractivity contribution is 0.215. The molecule has 1 N–H and O–H groups in total. The average Bonchev–Trinajstić information content (AvgIpc) is 3.52. The number of benzene rings is 1. The standard InChI is InChI=1S/C20H23N7O/c28-20(21-16-5-2-1-3-6-16)26-12-4-11-25(13-14-26)18-10-9-17-22-23-19(15-7-8-15)27(17)24-18/h1-3,5-6,9-10,15H,4,7-8,11-14H2,(H,21,28). The minimum atomic E-state index is -0.0497. The Morgan fingerprint density at radius 1 is 0.964 bits per heavy atom. The van der Waals surface area contributed by atoms with Gasteiger partial charge in [-0.25, -0.2) is 4.79 Å². The smallest absolute Gasteiger partial charge is 0.321 e. The van der Waals surface area contributed by atoms with Crippen LogP contribution in [0.25, 0.3) is 5.65 Å². The first-order valence-electron chi connectivity index (χ1n) is 9.86. The third-order valence-electron chi connectivity index (χ3n) is 5.35. The Kier molecular flexibility index (Phi) is 4.31. The van der Waals surface area contributed by atoms with Gasteiger partial charge in [0.15, 0.2) is 11.5 Å². The summed E-state index contributed by atoms with van der Waals surface area (Å²) in [5.41, 5.74) is 1.62. The zero-order chi connectivity index (χ0) is 18.9. The van der Waals surface area contributed by atoms with Crippen LogP contribution in [0.15, 0.2) is 42.5 Å². The molecule has 0 atom stereocenters. The number of urea groups is 1. The van der Waals surface area contributed by atoms with E-state index in [2.05, 4.69) is 20.4 Å². The molecule has 2 fully saturated rings. The average molecular weight is 377 g/mol. The van der Waals surface area contributed by atoms with Crippen molar-refractivity contribution in [3.05, 3.63) is 48.3 Å². The third-order valence-corrected chi connectivity index (χ3v) is 5.35. The number of fused-ring (bicyclic) bond motifs is 1. The Balaban J connectivity index is 1.28. The summed E-state index contributed by atoms with van der Waals surface area (Å²) < 4.78 is 1.89. The van der Waals surface area contributed by atoms with Gasteiger partial charge in [-0.2, -0.15) is 4.52 Å². The summed E-state index contributed by atoms with van der Waals surface area (Å²) in [6, 6.07) is 13.5. The van der Waals surface area contributed by atoms with E-state index in [1.165, 1.54) is 12.8 Å². The van der Waals surface area contributed by atoms with E-state index in [9.17, 15) is 4.79 Å². The molecular weight excluding hydrogens is 354 g/mol. The van der Waals surface area contributed by atoms with Crippen molar-refractivity contribution in [3.8, 4) is 0 Å². The van der Waals surface area contributed by atoms with Crippen LogP contribution in [0.5, 0.6) is 0 Å². The van der Waals surface area contributed by atoms with Crippen LogP contribution in [0.2, 0.25) is 0 Å². The predicted molar refractivity (Wildman–Crippen MR) is 107 cm³/mol. The molecule has 1 aromatic carbocycles. The van der Waals surface area contributed by atoms with Gasteiger partial charge in [0.1, 0.15) is 5.82 Å². The van der Waals surface area contributed by atoms with Crippen LogP contribution in [0.1, 0.15) is 31.0 Å². The summed E-state index contributed by atoms with van der Waals surface area (Å²) in [5.74, 6) is 2.38. The summed E-state index contributed by atoms with van der Waals surface area (Å²) in [7, 11) is 0. The van der Waals surface area contributed by atoms with Crippen LogP contribution in [0.4, 0.5) is 16.3 Å². The molecule has 1 aliphatic heterocycles. The van der Waals surface area contributed by atoms with Crippen molar-refractivity contribution in [1.82, 2.24) is 24.7 Å². The van der Waals surface area contributed by atoms with E-state index in [0.717, 1.165) is 49.0 Å². The molecule has 2 aliphatic rings. The molecule has 1 saturated carbocycles. The molecule has 3 heterocycles. The van der Waals surface area contributed by atoms with Gasteiger partial charge in [-0.15, -0.1) is 15.3 Å². The fraction of sp³-hybridized carbons (Fsp3) is 0.400. The van der Waals surface area contributed by atoms with Gasteiger partial charge >= 0.3 is 6.03 Å². The zero-order valence-corrected chi connectivity index (χ0v) is 15.7. The largest absolute Gasteiger partial charge is 0.353 e. The van der Waals surface area contributed by atoms with Crippen molar-refractivity contribution in [2.75, 3.05) is 36.4 Å². The minimum Gasteiger partial charge on any atom is -0.353 e. The Labute approximate surface area is 163 Å². The van der Waals surface area contributed by atoms with E-state index in [1.807, 2.05) is 51.9 Å². The number of carbonyl (C=O) groups is 1. The van der Waals surface area contributed by atoms with Gasteiger partial charge in [0, 0.05) is 37.8 Å². The third kappa shape index (κ3) is 3.37. The summed E-state index contributed by atoms with van der Waals surface area (Å²) in [6.45, 7) is 3.02. The van der Waals surface area contributed by atoms with E-state index < -0.39 is 0 Å². The van der Waals surface area contributed by atoms with Crippen molar-refractivity contribution < 1.29 is 4.79 Å². The van der Waals surface area contributed by atoms with Crippen LogP contribution in [-0.2, 0) is 0 Å². The summed E-state index contributed by atoms with van der Waals surface area (Å²) >= 11 is 0. The van der Waals surface area contributed by atoms with E-state index in [0.29, 0.717) is 12.5 Å². The SMILES string of the molecule is O=C(Nc1ccccc1)N1CCCN(c2ccc3nnc(C4CC4)n3n2)CC1. The molecule has 28 heavy (non-hydrogen) atoms. The van der Waals surface area contributed by atoms with Crippen LogP contribution < -0.4 is 10.2 Å². The fourth-order valence-electron chi connectivity index (χ4n) is 3.63. The molecule has 0 unspecified atom stereocenters. The molecule has 3 aromatic rings. The first-order chi connectivity index (χ1) is 13.8. The molecule has 0 radical (unpaired) electrons. The molecule has 8 heteroatoms. The Morgan fingerprint density at radius 3 is 2.64 bits per heavy atom. The summed E-state index contributed by atoms with van der Waals surface area (Å²) in [4.78, 5) is 16.7. The van der Waals surface area contributed by atoms with Crippen molar-refractivity contribution >= 4 is 23.2 Å². The molecule has 2 aromatic heterocycles. The first-order valence-corrected chi connectivity index (χ1v) is 9.86. The van der Waals surface area contributed by atoms with Gasteiger partial charge in [0.05, 0.1) is 0 Å². The van der Waals surface area contributed by atoms with Gasteiger partial charge in [-0.3, -0.25) is 0 Å². The minimum absolute atomic E-state index is 0.0497. The van der Waals surface area contributed by atoms with E-state index in [1.54, 1.807) is 0 Å². The van der Waals surface area contributed by atoms with E-state index in [4.69, 9.17) is 5.10 Å². The van der Waals surface area contributed by atoms with E-state index in [-0.39, 0.29) is 6.03 Å². The van der Waals surface area contributed by atoms with Crippen molar-refractivity contribution in [3.63, 3.8) is 0 Å². The number of para-hydroxylation sites is 1. The Bertz CT molecular complexity index is 983. The fourth-order valence-corrected chi connectivity index (χ4v) is 3.63. The maximum absolute atomic E-state index is 12.6. The number of anilines is 2. The predicted octanol–water partition coefficient (Wildman–Crippen LogP) is 2.75. The molecule has 5 rings (SSSR count). The highest BCUT2D eigenvalue weighted by Gasteiger charge is 2.29. The van der Waals surface area contributed by atoms with Crippen molar-refractivity contribution in [2.24, 2.45) is 0 Å². The molecule has 8 nitrogen and oxygen atoms in total. The quantitative estimate of drug-likeness (QED) is 0.759. The lowest BCUT2D eigenvalue weighted by Crippen LogP contribution is -2.38. The second-order valence-electron chi connectivity index (χ2n) is 7.42. The molecular formula is C20H23N7O. The summed E-state index contributed by atoms with van der Waals surface area (Å²) in [6.07, 6.45) is 3.24. The van der Waals surface area contributed by atoms with Crippen LogP contribution in [0, 0.1) is 0 Å². The van der Waals surface area contributed by atoms with Crippen molar-refractivity contribution in [1.29, 1.82) is 0 Å². The topological polar surface area (TPSA) is 78.7 Å².